The van der Waals surface area contributed by atoms with E-state index < -0.39 is 6.10 Å². The molecular weight excluding hydrogens is 358 g/mol. The van der Waals surface area contributed by atoms with Gasteiger partial charge in [-0.1, -0.05) is 0 Å². The van der Waals surface area contributed by atoms with Crippen LogP contribution in [-0.4, -0.2) is 65.8 Å². The molecule has 0 aliphatic carbocycles. The van der Waals surface area contributed by atoms with E-state index in [0.717, 1.165) is 0 Å². The molecule has 7 nitrogen and oxygen atoms in total. The summed E-state index contributed by atoms with van der Waals surface area (Å²) in [5.41, 5.74) is 1.22. The largest absolute Gasteiger partial charge is 0.392 e. The normalized spacial score (nSPS) is 28.3. The molecule has 8 heteroatoms. The second-order valence-corrected chi connectivity index (χ2v) is 6.88. The summed E-state index contributed by atoms with van der Waals surface area (Å²) in [5.74, 6) is -0.202. The Morgan fingerprint density at radius 1 is 1.19 bits per heavy atom. The van der Waals surface area contributed by atoms with Gasteiger partial charge < -0.3 is 25.4 Å². The van der Waals surface area contributed by atoms with Gasteiger partial charge in [-0.15, -0.1) is 12.4 Å². The molecule has 2 heterocycles. The Morgan fingerprint density at radius 3 is 2.35 bits per heavy atom. The summed E-state index contributed by atoms with van der Waals surface area (Å²) in [5, 5.41) is 15.3. The fourth-order valence-corrected chi connectivity index (χ4v) is 3.37. The van der Waals surface area contributed by atoms with Crippen LogP contribution in [0.25, 0.3) is 0 Å². The number of carbonyl (C=O) groups is 2. The van der Waals surface area contributed by atoms with Crippen molar-refractivity contribution in [2.45, 2.75) is 44.6 Å². The summed E-state index contributed by atoms with van der Waals surface area (Å²) in [6, 6.07) is 6.51. The van der Waals surface area contributed by atoms with Crippen molar-refractivity contribution in [3.05, 3.63) is 29.8 Å². The highest BCUT2D eigenvalue weighted by Crippen LogP contribution is 2.17. The molecule has 26 heavy (non-hydrogen) atoms. The van der Waals surface area contributed by atoms with Crippen molar-refractivity contribution in [1.82, 2.24) is 10.2 Å². The Labute approximate surface area is 159 Å². The molecule has 3 rings (SSSR count). The maximum Gasteiger partial charge on any atom is 0.254 e. The van der Waals surface area contributed by atoms with Crippen LogP contribution in [0.15, 0.2) is 24.3 Å². The van der Waals surface area contributed by atoms with E-state index in [0.29, 0.717) is 37.3 Å². The van der Waals surface area contributed by atoms with Crippen LogP contribution in [0.1, 0.15) is 30.6 Å². The van der Waals surface area contributed by atoms with Crippen LogP contribution in [0.3, 0.4) is 0 Å². The molecule has 144 valence electrons. The summed E-state index contributed by atoms with van der Waals surface area (Å²) in [6.45, 7) is 5.52. The highest BCUT2D eigenvalue weighted by atomic mass is 35.5. The van der Waals surface area contributed by atoms with Gasteiger partial charge in [0.25, 0.3) is 5.91 Å². The molecule has 4 unspecified atom stereocenters. The Hall–Kier alpha value is -1.67. The number of morpholine rings is 1. The fourth-order valence-electron chi connectivity index (χ4n) is 3.37. The molecule has 0 radical (unpaired) electrons. The van der Waals surface area contributed by atoms with E-state index in [1.54, 1.807) is 29.2 Å². The predicted octanol–water partition coefficient (Wildman–Crippen LogP) is 1.02. The van der Waals surface area contributed by atoms with E-state index in [-0.39, 0.29) is 42.5 Å². The Kier molecular flexibility index (Phi) is 7.00. The molecule has 2 saturated heterocycles. The average Bonchev–Trinajstić information content (AvgIpc) is 3.00. The zero-order valence-corrected chi connectivity index (χ0v) is 15.8. The third-order valence-electron chi connectivity index (χ3n) is 4.53. The summed E-state index contributed by atoms with van der Waals surface area (Å²) in [4.78, 5) is 26.5. The van der Waals surface area contributed by atoms with Crippen LogP contribution in [0.2, 0.25) is 0 Å². The van der Waals surface area contributed by atoms with Gasteiger partial charge in [0.05, 0.1) is 24.4 Å². The SMILES string of the molecule is CC1CN(C(=O)c2ccc(NC(=O)C3CC(O)CN3)cc2)CC(C)O1.Cl. The molecule has 2 amide bonds. The Morgan fingerprint density at radius 2 is 1.81 bits per heavy atom. The molecule has 2 fully saturated rings. The molecule has 3 N–H and O–H groups in total. The van der Waals surface area contributed by atoms with Crippen LogP contribution >= 0.6 is 12.4 Å². The molecule has 0 spiro atoms. The van der Waals surface area contributed by atoms with Gasteiger partial charge in [0, 0.05) is 30.9 Å². The van der Waals surface area contributed by atoms with Crippen LogP contribution in [-0.2, 0) is 9.53 Å². The van der Waals surface area contributed by atoms with Crippen molar-refractivity contribution in [3.8, 4) is 0 Å². The van der Waals surface area contributed by atoms with Crippen LogP contribution in [0.4, 0.5) is 5.69 Å². The highest BCUT2D eigenvalue weighted by molar-refractivity contribution is 5.97. The van der Waals surface area contributed by atoms with Gasteiger partial charge in [0.15, 0.2) is 0 Å². The van der Waals surface area contributed by atoms with E-state index >= 15 is 0 Å². The molecule has 0 aromatic heterocycles. The van der Waals surface area contributed by atoms with Gasteiger partial charge in [0.2, 0.25) is 5.91 Å². The lowest BCUT2D eigenvalue weighted by Crippen LogP contribution is -2.48. The van der Waals surface area contributed by atoms with Crippen molar-refractivity contribution in [1.29, 1.82) is 0 Å². The second-order valence-electron chi connectivity index (χ2n) is 6.88. The third kappa shape index (κ3) is 4.94. The minimum atomic E-state index is -0.478. The number of nitrogens with zero attached hydrogens (tertiary/aromatic N) is 1. The predicted molar refractivity (Wildman–Crippen MR) is 101 cm³/mol. The standard InChI is InChI=1S/C18H25N3O4.ClH/c1-11-9-21(10-12(2)25-11)18(24)13-3-5-14(6-4-13)20-17(23)16-7-15(22)8-19-16;/h3-6,11-12,15-16,19,22H,7-10H2,1-2H3,(H,20,23);1H. The number of amides is 2. The first-order valence-corrected chi connectivity index (χ1v) is 8.69. The van der Waals surface area contributed by atoms with Gasteiger partial charge in [-0.2, -0.15) is 0 Å². The number of rotatable bonds is 3. The zero-order chi connectivity index (χ0) is 18.0. The number of anilines is 1. The summed E-state index contributed by atoms with van der Waals surface area (Å²) in [7, 11) is 0. The average molecular weight is 384 g/mol. The summed E-state index contributed by atoms with van der Waals surface area (Å²) < 4.78 is 5.66. The van der Waals surface area contributed by atoms with E-state index in [1.165, 1.54) is 0 Å². The van der Waals surface area contributed by atoms with Gasteiger partial charge in [0.1, 0.15) is 0 Å². The summed E-state index contributed by atoms with van der Waals surface area (Å²) >= 11 is 0. The number of halogens is 1. The van der Waals surface area contributed by atoms with Gasteiger partial charge in [-0.25, -0.2) is 0 Å². The van der Waals surface area contributed by atoms with Crippen molar-refractivity contribution in [2.75, 3.05) is 25.0 Å². The Bertz CT molecular complexity index is 630. The van der Waals surface area contributed by atoms with Crippen LogP contribution < -0.4 is 10.6 Å². The lowest BCUT2D eigenvalue weighted by molar-refractivity contribution is -0.117. The summed E-state index contributed by atoms with van der Waals surface area (Å²) in [6.07, 6.45) is -0.00870. The monoisotopic (exact) mass is 383 g/mol. The number of ether oxygens (including phenoxy) is 1. The van der Waals surface area contributed by atoms with Crippen molar-refractivity contribution in [3.63, 3.8) is 0 Å². The minimum Gasteiger partial charge on any atom is -0.392 e. The first kappa shape index (κ1) is 20.6. The van der Waals surface area contributed by atoms with Crippen LogP contribution in [0.5, 0.6) is 0 Å². The number of aliphatic hydroxyl groups excluding tert-OH is 1. The molecule has 0 saturated carbocycles. The van der Waals surface area contributed by atoms with Gasteiger partial charge in [-0.05, 0) is 44.5 Å². The quantitative estimate of drug-likeness (QED) is 0.725. The maximum atomic E-state index is 12.6. The third-order valence-corrected chi connectivity index (χ3v) is 4.53. The van der Waals surface area contributed by atoms with E-state index in [1.807, 2.05) is 13.8 Å². The zero-order valence-electron chi connectivity index (χ0n) is 15.0. The van der Waals surface area contributed by atoms with E-state index in [9.17, 15) is 14.7 Å². The lowest BCUT2D eigenvalue weighted by Gasteiger charge is -2.35. The Balaban J connectivity index is 0.00000243. The first-order valence-electron chi connectivity index (χ1n) is 8.69. The molecule has 4 atom stereocenters. The van der Waals surface area contributed by atoms with Gasteiger partial charge >= 0.3 is 0 Å². The topological polar surface area (TPSA) is 90.9 Å². The smallest absolute Gasteiger partial charge is 0.254 e. The number of hydrogen-bond acceptors (Lipinski definition) is 5. The molecule has 1 aromatic carbocycles. The van der Waals surface area contributed by atoms with Gasteiger partial charge in [-0.3, -0.25) is 9.59 Å². The second kappa shape index (κ2) is 8.81. The number of aliphatic hydroxyl groups is 1. The van der Waals surface area contributed by atoms with Crippen molar-refractivity contribution < 1.29 is 19.4 Å². The maximum absolute atomic E-state index is 12.6. The van der Waals surface area contributed by atoms with Crippen molar-refractivity contribution in [2.24, 2.45) is 0 Å². The molecule has 0 bridgehead atoms. The fraction of sp³-hybridized carbons (Fsp3) is 0.556. The molecule has 1 aromatic rings. The molecular formula is C18H26ClN3O4. The number of carbonyl (C=O) groups excluding carboxylic acids is 2. The number of β-amino-alcohol motifs (C(OH)–C–C–N with tert-alkyl or cyclic N) is 1. The molecule has 2 aliphatic heterocycles. The number of nitrogens with one attached hydrogen (secondary N) is 2. The van der Waals surface area contributed by atoms with Crippen LogP contribution in [0, 0.1) is 0 Å². The van der Waals surface area contributed by atoms with E-state index in [4.69, 9.17) is 4.74 Å². The lowest BCUT2D eigenvalue weighted by atomic mass is 10.1. The van der Waals surface area contributed by atoms with Crippen molar-refractivity contribution >= 4 is 29.9 Å². The number of benzene rings is 1. The minimum absolute atomic E-state index is 0. The number of hydrogen-bond donors (Lipinski definition) is 3. The van der Waals surface area contributed by atoms with E-state index in [2.05, 4.69) is 10.6 Å². The highest BCUT2D eigenvalue weighted by Gasteiger charge is 2.28. The first-order chi connectivity index (χ1) is 11.9. The molecule has 2 aliphatic rings.